The minimum atomic E-state index is -0.0805. The molecular formula is C15H19NOS. The molecule has 0 saturated carbocycles. The first-order chi connectivity index (χ1) is 8.63. The molecule has 1 unspecified atom stereocenters. The van der Waals surface area contributed by atoms with Gasteiger partial charge in [-0.3, -0.25) is 4.79 Å². The molecule has 0 bridgehead atoms. The highest BCUT2D eigenvalue weighted by Crippen LogP contribution is 2.26. The van der Waals surface area contributed by atoms with Crippen LogP contribution in [0.4, 0.5) is 0 Å². The van der Waals surface area contributed by atoms with Crippen molar-refractivity contribution >= 4 is 27.2 Å². The van der Waals surface area contributed by atoms with Crippen LogP contribution in [0.5, 0.6) is 0 Å². The standard InChI is InChI=1S/C15H19NOS/c1-10(2)15(17)13(16-3)8-11-9-18-14-7-5-4-6-12(11)14/h4-7,9-10,13,16H,8H2,1-3H3. The summed E-state index contributed by atoms with van der Waals surface area (Å²) >= 11 is 1.75. The molecule has 0 aliphatic rings. The summed E-state index contributed by atoms with van der Waals surface area (Å²) in [6, 6.07) is 8.29. The SMILES string of the molecule is CNC(Cc1csc2ccccc12)C(=O)C(C)C. The Kier molecular flexibility index (Phi) is 4.15. The molecule has 0 aliphatic carbocycles. The number of benzene rings is 1. The molecule has 0 amide bonds. The summed E-state index contributed by atoms with van der Waals surface area (Å²) in [5.41, 5.74) is 1.27. The van der Waals surface area contributed by atoms with Crippen molar-refractivity contribution in [3.63, 3.8) is 0 Å². The third kappa shape index (κ3) is 2.62. The van der Waals surface area contributed by atoms with E-state index >= 15 is 0 Å². The Morgan fingerprint density at radius 2 is 2.06 bits per heavy atom. The van der Waals surface area contributed by atoms with Gasteiger partial charge in [0.05, 0.1) is 6.04 Å². The quantitative estimate of drug-likeness (QED) is 0.895. The maximum Gasteiger partial charge on any atom is 0.152 e. The molecule has 0 spiro atoms. The molecule has 2 nitrogen and oxygen atoms in total. The summed E-state index contributed by atoms with van der Waals surface area (Å²) < 4.78 is 1.29. The minimum absolute atomic E-state index is 0.0762. The second kappa shape index (κ2) is 5.63. The molecule has 1 N–H and O–H groups in total. The molecule has 0 saturated heterocycles. The van der Waals surface area contributed by atoms with Gasteiger partial charge in [-0.1, -0.05) is 32.0 Å². The van der Waals surface area contributed by atoms with Crippen LogP contribution in [-0.2, 0) is 11.2 Å². The molecule has 3 heteroatoms. The normalized spacial score (nSPS) is 13.1. The van der Waals surface area contributed by atoms with E-state index < -0.39 is 0 Å². The maximum absolute atomic E-state index is 12.1. The van der Waals surface area contributed by atoms with Gasteiger partial charge in [0.25, 0.3) is 0 Å². The summed E-state index contributed by atoms with van der Waals surface area (Å²) in [6.45, 7) is 3.91. The zero-order valence-corrected chi connectivity index (χ0v) is 11.9. The number of nitrogens with one attached hydrogen (secondary N) is 1. The van der Waals surface area contributed by atoms with Crippen molar-refractivity contribution in [3.05, 3.63) is 35.2 Å². The van der Waals surface area contributed by atoms with Crippen LogP contribution in [0, 0.1) is 5.92 Å². The third-order valence-corrected chi connectivity index (χ3v) is 4.26. The predicted octanol–water partition coefficient (Wildman–Crippen LogP) is 3.26. The summed E-state index contributed by atoms with van der Waals surface area (Å²) in [4.78, 5) is 12.1. The Morgan fingerprint density at radius 3 is 2.72 bits per heavy atom. The molecule has 1 heterocycles. The van der Waals surface area contributed by atoms with Gasteiger partial charge >= 0.3 is 0 Å². The topological polar surface area (TPSA) is 29.1 Å². The summed E-state index contributed by atoms with van der Waals surface area (Å²) in [6.07, 6.45) is 0.775. The van der Waals surface area contributed by atoms with E-state index in [1.807, 2.05) is 20.9 Å². The van der Waals surface area contributed by atoms with Crippen molar-refractivity contribution in [1.82, 2.24) is 5.32 Å². The van der Waals surface area contributed by atoms with Crippen molar-refractivity contribution < 1.29 is 4.79 Å². The van der Waals surface area contributed by atoms with Gasteiger partial charge in [0.1, 0.15) is 0 Å². The van der Waals surface area contributed by atoms with Gasteiger partial charge in [-0.25, -0.2) is 0 Å². The predicted molar refractivity (Wildman–Crippen MR) is 78.2 cm³/mol. The van der Waals surface area contributed by atoms with E-state index in [0.717, 1.165) is 6.42 Å². The smallest absolute Gasteiger partial charge is 0.152 e. The molecule has 0 fully saturated rings. The van der Waals surface area contributed by atoms with Gasteiger partial charge in [-0.2, -0.15) is 0 Å². The van der Waals surface area contributed by atoms with E-state index in [1.165, 1.54) is 15.6 Å². The summed E-state index contributed by atoms with van der Waals surface area (Å²) in [5.74, 6) is 0.361. The van der Waals surface area contributed by atoms with E-state index in [4.69, 9.17) is 0 Å². The first kappa shape index (κ1) is 13.2. The second-order valence-electron chi connectivity index (χ2n) is 4.86. The highest BCUT2D eigenvalue weighted by atomic mass is 32.1. The summed E-state index contributed by atoms with van der Waals surface area (Å²) in [5, 5.41) is 6.59. The average Bonchev–Trinajstić information content (AvgIpc) is 2.78. The molecule has 0 radical (unpaired) electrons. The van der Waals surface area contributed by atoms with Crippen molar-refractivity contribution in [2.24, 2.45) is 5.92 Å². The molecule has 2 aromatic rings. The number of ketones is 1. The van der Waals surface area contributed by atoms with Crippen LogP contribution in [0.2, 0.25) is 0 Å². The Balaban J connectivity index is 2.24. The number of thiophene rings is 1. The lowest BCUT2D eigenvalue weighted by atomic mass is 9.96. The van der Waals surface area contributed by atoms with Crippen molar-refractivity contribution in [2.45, 2.75) is 26.3 Å². The van der Waals surface area contributed by atoms with E-state index in [-0.39, 0.29) is 17.7 Å². The number of likely N-dealkylation sites (N-methyl/N-ethyl adjacent to an activating group) is 1. The lowest BCUT2D eigenvalue weighted by molar-refractivity contribution is -0.123. The number of fused-ring (bicyclic) bond motifs is 1. The van der Waals surface area contributed by atoms with Gasteiger partial charge < -0.3 is 5.32 Å². The summed E-state index contributed by atoms with van der Waals surface area (Å²) in [7, 11) is 1.86. The maximum atomic E-state index is 12.1. The molecule has 0 aliphatic heterocycles. The monoisotopic (exact) mass is 261 g/mol. The van der Waals surface area contributed by atoms with Gasteiger partial charge in [-0.15, -0.1) is 11.3 Å². The molecule has 2 rings (SSSR count). The van der Waals surface area contributed by atoms with Crippen molar-refractivity contribution in [1.29, 1.82) is 0 Å². The number of carbonyl (C=O) groups excluding carboxylic acids is 1. The van der Waals surface area contributed by atoms with Crippen LogP contribution in [-0.4, -0.2) is 18.9 Å². The molecule has 1 atom stereocenters. The number of rotatable bonds is 5. The van der Waals surface area contributed by atoms with Gasteiger partial charge in [0.15, 0.2) is 5.78 Å². The lowest BCUT2D eigenvalue weighted by Gasteiger charge is -2.16. The van der Waals surface area contributed by atoms with Crippen LogP contribution >= 0.6 is 11.3 Å². The fourth-order valence-corrected chi connectivity index (χ4v) is 3.13. The Hall–Kier alpha value is -1.19. The molecule has 1 aromatic heterocycles. The van der Waals surface area contributed by atoms with E-state index in [2.05, 4.69) is 35.0 Å². The molecule has 18 heavy (non-hydrogen) atoms. The number of hydrogen-bond donors (Lipinski definition) is 1. The largest absolute Gasteiger partial charge is 0.310 e. The Bertz CT molecular complexity index is 544. The van der Waals surface area contributed by atoms with Gasteiger partial charge in [0, 0.05) is 10.6 Å². The highest BCUT2D eigenvalue weighted by Gasteiger charge is 2.20. The first-order valence-electron chi connectivity index (χ1n) is 6.29. The van der Waals surface area contributed by atoms with Crippen LogP contribution in [0.15, 0.2) is 29.6 Å². The average molecular weight is 261 g/mol. The van der Waals surface area contributed by atoms with Gasteiger partial charge in [-0.05, 0) is 35.9 Å². The van der Waals surface area contributed by atoms with Crippen LogP contribution in [0.25, 0.3) is 10.1 Å². The number of hydrogen-bond acceptors (Lipinski definition) is 3. The molecule has 96 valence electrons. The number of carbonyl (C=O) groups is 1. The Morgan fingerprint density at radius 1 is 1.33 bits per heavy atom. The third-order valence-electron chi connectivity index (χ3n) is 3.25. The number of Topliss-reactive ketones (excluding diaryl/α,β-unsaturated/α-hetero) is 1. The van der Waals surface area contributed by atoms with Gasteiger partial charge in [0.2, 0.25) is 0 Å². The molecule has 1 aromatic carbocycles. The Labute approximate surface area is 112 Å². The zero-order chi connectivity index (χ0) is 13.1. The zero-order valence-electron chi connectivity index (χ0n) is 11.1. The van der Waals surface area contributed by atoms with E-state index in [1.54, 1.807) is 11.3 Å². The highest BCUT2D eigenvalue weighted by molar-refractivity contribution is 7.17. The first-order valence-corrected chi connectivity index (χ1v) is 7.17. The fraction of sp³-hybridized carbons (Fsp3) is 0.400. The van der Waals surface area contributed by atoms with Crippen molar-refractivity contribution in [3.8, 4) is 0 Å². The lowest BCUT2D eigenvalue weighted by Crippen LogP contribution is -2.38. The molecular weight excluding hydrogens is 242 g/mol. The van der Waals surface area contributed by atoms with Crippen LogP contribution in [0.1, 0.15) is 19.4 Å². The van der Waals surface area contributed by atoms with E-state index in [9.17, 15) is 4.79 Å². The fourth-order valence-electron chi connectivity index (χ4n) is 2.16. The minimum Gasteiger partial charge on any atom is -0.310 e. The second-order valence-corrected chi connectivity index (χ2v) is 5.77. The van der Waals surface area contributed by atoms with Crippen LogP contribution < -0.4 is 5.32 Å². The van der Waals surface area contributed by atoms with Crippen LogP contribution in [0.3, 0.4) is 0 Å². The van der Waals surface area contributed by atoms with E-state index in [0.29, 0.717) is 0 Å². The van der Waals surface area contributed by atoms with Crippen molar-refractivity contribution in [2.75, 3.05) is 7.05 Å².